The van der Waals surface area contributed by atoms with E-state index in [1.54, 1.807) is 30.3 Å². The van der Waals surface area contributed by atoms with Crippen molar-refractivity contribution in [1.29, 1.82) is 5.26 Å². The Morgan fingerprint density at radius 1 is 1.24 bits per heavy atom. The van der Waals surface area contributed by atoms with Crippen molar-refractivity contribution in [3.63, 3.8) is 0 Å². The second kappa shape index (κ2) is 6.08. The number of nitrogens with zero attached hydrogens (tertiary/aromatic N) is 1. The molecule has 0 spiro atoms. The molecule has 0 saturated heterocycles. The summed E-state index contributed by atoms with van der Waals surface area (Å²) in [6.07, 6.45) is 2.87. The zero-order valence-corrected chi connectivity index (χ0v) is 9.23. The minimum Gasteiger partial charge on any atom is -0.274 e. The van der Waals surface area contributed by atoms with Gasteiger partial charge in [-0.1, -0.05) is 12.1 Å². The average Bonchev–Trinajstić information content (AvgIpc) is 2.34. The highest BCUT2D eigenvalue weighted by Gasteiger charge is 1.95. The Kier molecular flexibility index (Phi) is 4.45. The van der Waals surface area contributed by atoms with Crippen LogP contribution in [-0.2, 0) is 9.59 Å². The van der Waals surface area contributed by atoms with Gasteiger partial charge in [-0.3, -0.25) is 20.4 Å². The van der Waals surface area contributed by atoms with Gasteiger partial charge in [-0.25, -0.2) is 0 Å². The highest BCUT2D eigenvalue weighted by molar-refractivity contribution is 5.92. The predicted molar refractivity (Wildman–Crippen MR) is 62.2 cm³/mol. The molecule has 17 heavy (non-hydrogen) atoms. The van der Waals surface area contributed by atoms with Crippen LogP contribution in [0, 0.1) is 11.3 Å². The van der Waals surface area contributed by atoms with Crippen molar-refractivity contribution in [3.05, 3.63) is 41.5 Å². The molecule has 1 aromatic carbocycles. The maximum absolute atomic E-state index is 11.2. The second-order valence-electron chi connectivity index (χ2n) is 3.24. The van der Waals surface area contributed by atoms with Crippen LogP contribution in [0.3, 0.4) is 0 Å². The summed E-state index contributed by atoms with van der Waals surface area (Å²) in [5, 5.41) is 8.60. The molecule has 2 N–H and O–H groups in total. The third-order valence-corrected chi connectivity index (χ3v) is 1.83. The molecule has 0 aliphatic heterocycles. The molecule has 86 valence electrons. The smallest absolute Gasteiger partial charge is 0.262 e. The average molecular weight is 229 g/mol. The fraction of sp³-hybridized carbons (Fsp3) is 0.0833. The van der Waals surface area contributed by atoms with Crippen molar-refractivity contribution in [2.45, 2.75) is 6.92 Å². The van der Waals surface area contributed by atoms with E-state index in [2.05, 4.69) is 10.9 Å². The van der Waals surface area contributed by atoms with Gasteiger partial charge in [-0.15, -0.1) is 0 Å². The first-order valence-electron chi connectivity index (χ1n) is 4.86. The van der Waals surface area contributed by atoms with Gasteiger partial charge in [-0.05, 0) is 23.8 Å². The van der Waals surface area contributed by atoms with Crippen LogP contribution < -0.4 is 10.9 Å². The fourth-order valence-electron chi connectivity index (χ4n) is 1.03. The number of nitriles is 1. The third kappa shape index (κ3) is 4.62. The Balaban J connectivity index is 2.55. The summed E-state index contributed by atoms with van der Waals surface area (Å²) in [4.78, 5) is 21.7. The Bertz CT molecular complexity index is 483. The summed E-state index contributed by atoms with van der Waals surface area (Å²) in [7, 11) is 0. The molecule has 5 heteroatoms. The van der Waals surface area contributed by atoms with Crippen molar-refractivity contribution in [2.24, 2.45) is 0 Å². The van der Waals surface area contributed by atoms with E-state index in [0.29, 0.717) is 5.56 Å². The van der Waals surface area contributed by atoms with Gasteiger partial charge in [-0.2, -0.15) is 5.26 Å². The molecule has 5 nitrogen and oxygen atoms in total. The molecule has 0 aromatic heterocycles. The molecule has 0 atom stereocenters. The van der Waals surface area contributed by atoms with Gasteiger partial charge in [0.25, 0.3) is 5.91 Å². The fourth-order valence-corrected chi connectivity index (χ4v) is 1.03. The largest absolute Gasteiger partial charge is 0.274 e. The summed E-state index contributed by atoms with van der Waals surface area (Å²) in [6.45, 7) is 1.30. The molecular formula is C12H11N3O2. The summed E-state index contributed by atoms with van der Waals surface area (Å²) in [6, 6.07) is 8.76. The van der Waals surface area contributed by atoms with Gasteiger partial charge >= 0.3 is 0 Å². The highest BCUT2D eigenvalue weighted by Crippen LogP contribution is 2.04. The Morgan fingerprint density at radius 2 is 1.88 bits per heavy atom. The maximum atomic E-state index is 11.2. The van der Waals surface area contributed by atoms with Crippen LogP contribution >= 0.6 is 0 Å². The zero-order chi connectivity index (χ0) is 12.7. The molecule has 0 bridgehead atoms. The van der Waals surface area contributed by atoms with Crippen molar-refractivity contribution >= 4 is 17.9 Å². The quantitative estimate of drug-likeness (QED) is 0.579. The number of hydrogen-bond donors (Lipinski definition) is 2. The number of hydrogen-bond acceptors (Lipinski definition) is 3. The van der Waals surface area contributed by atoms with E-state index in [9.17, 15) is 9.59 Å². The van der Waals surface area contributed by atoms with Gasteiger partial charge in [0, 0.05) is 13.0 Å². The van der Waals surface area contributed by atoms with E-state index in [4.69, 9.17) is 5.26 Å². The van der Waals surface area contributed by atoms with Gasteiger partial charge < -0.3 is 0 Å². The number of rotatable bonds is 2. The van der Waals surface area contributed by atoms with Crippen LogP contribution in [0.1, 0.15) is 18.1 Å². The first-order chi connectivity index (χ1) is 8.11. The lowest BCUT2D eigenvalue weighted by Crippen LogP contribution is -2.39. The molecule has 0 saturated carbocycles. The number of nitrogens with one attached hydrogen (secondary N) is 2. The number of amides is 2. The number of benzene rings is 1. The van der Waals surface area contributed by atoms with E-state index < -0.39 is 5.91 Å². The van der Waals surface area contributed by atoms with Crippen molar-refractivity contribution in [3.8, 4) is 6.07 Å². The summed E-state index contributed by atoms with van der Waals surface area (Å²) < 4.78 is 0. The van der Waals surface area contributed by atoms with Crippen LogP contribution in [0.5, 0.6) is 0 Å². The van der Waals surface area contributed by atoms with E-state index in [0.717, 1.165) is 5.56 Å². The van der Waals surface area contributed by atoms with Crippen LogP contribution in [0.4, 0.5) is 0 Å². The molecule has 1 aromatic rings. The number of hydrazine groups is 1. The third-order valence-electron chi connectivity index (χ3n) is 1.83. The van der Waals surface area contributed by atoms with Gasteiger partial charge in [0.2, 0.25) is 5.91 Å². The van der Waals surface area contributed by atoms with Crippen molar-refractivity contribution in [1.82, 2.24) is 10.9 Å². The van der Waals surface area contributed by atoms with Crippen LogP contribution in [0.2, 0.25) is 0 Å². The standard InChI is InChI=1S/C12H11N3O2/c1-9(16)14-15-12(17)7-6-10-2-4-11(8-13)5-3-10/h2-7H,1H3,(H,14,16)(H,15,17)/b7-6+. The molecule has 0 aliphatic carbocycles. The van der Waals surface area contributed by atoms with E-state index in [1.807, 2.05) is 6.07 Å². The van der Waals surface area contributed by atoms with E-state index in [-0.39, 0.29) is 5.91 Å². The molecule has 0 fully saturated rings. The Labute approximate surface area is 98.7 Å². The van der Waals surface area contributed by atoms with E-state index in [1.165, 1.54) is 13.0 Å². The molecule has 0 heterocycles. The molecule has 0 unspecified atom stereocenters. The first kappa shape index (κ1) is 12.5. The summed E-state index contributed by atoms with van der Waals surface area (Å²) in [5.74, 6) is -0.769. The van der Waals surface area contributed by atoms with Crippen LogP contribution in [0.25, 0.3) is 6.08 Å². The number of carbonyl (C=O) groups is 2. The molecule has 1 rings (SSSR count). The molecule has 2 amide bonds. The molecule has 0 aliphatic rings. The lowest BCUT2D eigenvalue weighted by atomic mass is 10.1. The minimum atomic E-state index is -0.426. The minimum absolute atomic E-state index is 0.342. The lowest BCUT2D eigenvalue weighted by Gasteiger charge is -2.00. The number of carbonyl (C=O) groups excluding carboxylic acids is 2. The molecule has 0 radical (unpaired) electrons. The van der Waals surface area contributed by atoms with Crippen molar-refractivity contribution in [2.75, 3.05) is 0 Å². The highest BCUT2D eigenvalue weighted by atomic mass is 16.2. The monoisotopic (exact) mass is 229 g/mol. The van der Waals surface area contributed by atoms with Crippen molar-refractivity contribution < 1.29 is 9.59 Å². The van der Waals surface area contributed by atoms with Crippen LogP contribution in [-0.4, -0.2) is 11.8 Å². The lowest BCUT2D eigenvalue weighted by molar-refractivity contribution is -0.125. The summed E-state index contributed by atoms with van der Waals surface area (Å²) in [5.41, 5.74) is 5.72. The SMILES string of the molecule is CC(=O)NNC(=O)/C=C/c1ccc(C#N)cc1. The maximum Gasteiger partial charge on any atom is 0.262 e. The van der Waals surface area contributed by atoms with Gasteiger partial charge in [0.05, 0.1) is 11.6 Å². The topological polar surface area (TPSA) is 82.0 Å². The second-order valence-corrected chi connectivity index (χ2v) is 3.24. The zero-order valence-electron chi connectivity index (χ0n) is 9.23. The molecular weight excluding hydrogens is 218 g/mol. The Hall–Kier alpha value is -2.61. The van der Waals surface area contributed by atoms with E-state index >= 15 is 0 Å². The predicted octanol–water partition coefficient (Wildman–Crippen LogP) is 0.739. The Morgan fingerprint density at radius 3 is 2.41 bits per heavy atom. The first-order valence-corrected chi connectivity index (χ1v) is 4.86. The van der Waals surface area contributed by atoms with Gasteiger partial charge in [0.15, 0.2) is 0 Å². The summed E-state index contributed by atoms with van der Waals surface area (Å²) >= 11 is 0. The van der Waals surface area contributed by atoms with Gasteiger partial charge in [0.1, 0.15) is 0 Å². The van der Waals surface area contributed by atoms with Crippen LogP contribution in [0.15, 0.2) is 30.3 Å². The normalized spacial score (nSPS) is 9.65.